The molecule has 1 aliphatic carbocycles. The Labute approximate surface area is 175 Å². The molecule has 0 saturated heterocycles. The highest BCUT2D eigenvalue weighted by atomic mass is 35.5. The molecule has 0 spiro atoms. The van der Waals surface area contributed by atoms with Crippen molar-refractivity contribution in [2.45, 2.75) is 36.6 Å². The van der Waals surface area contributed by atoms with E-state index in [-0.39, 0.29) is 25.0 Å². The van der Waals surface area contributed by atoms with Gasteiger partial charge in [-0.2, -0.15) is 0 Å². The second kappa shape index (κ2) is 9.93. The van der Waals surface area contributed by atoms with Crippen LogP contribution in [0.4, 0.5) is 8.78 Å². The molecular weight excluding hydrogens is 430 g/mol. The van der Waals surface area contributed by atoms with E-state index < -0.39 is 23.6 Å². The van der Waals surface area contributed by atoms with E-state index in [1.807, 2.05) is 4.57 Å². The third kappa shape index (κ3) is 4.62. The van der Waals surface area contributed by atoms with Crippen LogP contribution in [0.15, 0.2) is 23.5 Å². The highest BCUT2D eigenvalue weighted by Gasteiger charge is 2.30. The SMILES string of the molecule is COC(=O)C(N)CSSc1ncc(CN)n1C1CCc2c(F)cc(F)cc21.Cl. The van der Waals surface area contributed by atoms with Gasteiger partial charge in [-0.15, -0.1) is 12.4 Å². The van der Waals surface area contributed by atoms with Crippen LogP contribution in [0.5, 0.6) is 0 Å². The molecular formula is C17H21ClF2N4O2S2. The summed E-state index contributed by atoms with van der Waals surface area (Å²) in [6.07, 6.45) is 2.83. The standard InChI is InChI=1S/C17H20F2N4O2S2.ClH/c1-25-16(24)14(21)8-26-27-17-22-7-10(6-20)23(17)15-3-2-11-12(15)4-9(18)5-13(11)19;/h4-5,7,14-15H,2-3,6,8,20-21H2,1H3;1H. The van der Waals surface area contributed by atoms with Crippen molar-refractivity contribution in [1.29, 1.82) is 0 Å². The molecule has 1 heterocycles. The largest absolute Gasteiger partial charge is 0.468 e. The lowest BCUT2D eigenvalue weighted by atomic mass is 10.1. The van der Waals surface area contributed by atoms with Crippen LogP contribution in [0.1, 0.15) is 29.3 Å². The molecule has 0 bridgehead atoms. The van der Waals surface area contributed by atoms with Crippen molar-refractivity contribution in [3.63, 3.8) is 0 Å². The molecule has 4 N–H and O–H groups in total. The average molecular weight is 451 g/mol. The van der Waals surface area contributed by atoms with E-state index in [1.165, 1.54) is 34.8 Å². The quantitative estimate of drug-likeness (QED) is 0.494. The molecule has 1 aromatic heterocycles. The van der Waals surface area contributed by atoms with Crippen LogP contribution in [0.25, 0.3) is 0 Å². The minimum Gasteiger partial charge on any atom is -0.468 e. The number of methoxy groups -OCH3 is 1. The fourth-order valence-electron chi connectivity index (χ4n) is 3.19. The zero-order chi connectivity index (χ0) is 19.6. The van der Waals surface area contributed by atoms with Gasteiger partial charge in [0.25, 0.3) is 0 Å². The van der Waals surface area contributed by atoms with Gasteiger partial charge in [0.05, 0.1) is 25.0 Å². The number of benzene rings is 1. The topological polar surface area (TPSA) is 96.2 Å². The predicted octanol–water partition coefficient (Wildman–Crippen LogP) is 2.82. The number of nitrogens with two attached hydrogens (primary N) is 2. The van der Waals surface area contributed by atoms with E-state index in [1.54, 1.807) is 6.20 Å². The number of aromatic nitrogens is 2. The first-order valence-electron chi connectivity index (χ1n) is 8.33. The molecule has 3 rings (SSSR count). The fourth-order valence-corrected chi connectivity index (χ4v) is 5.40. The van der Waals surface area contributed by atoms with Crippen LogP contribution in [0.3, 0.4) is 0 Å². The zero-order valence-electron chi connectivity index (χ0n) is 15.1. The molecule has 2 aromatic rings. The lowest BCUT2D eigenvalue weighted by Gasteiger charge is -2.19. The number of nitrogens with zero attached hydrogens (tertiary/aromatic N) is 2. The summed E-state index contributed by atoms with van der Waals surface area (Å²) in [6.45, 7) is 0.254. The third-order valence-electron chi connectivity index (χ3n) is 4.47. The molecule has 0 fully saturated rings. The highest BCUT2D eigenvalue weighted by Crippen LogP contribution is 2.41. The molecule has 0 amide bonds. The Kier molecular flexibility index (Phi) is 8.14. The van der Waals surface area contributed by atoms with Gasteiger partial charge in [0.15, 0.2) is 5.16 Å². The molecule has 11 heteroatoms. The van der Waals surface area contributed by atoms with Crippen LogP contribution in [0, 0.1) is 11.6 Å². The maximum Gasteiger partial charge on any atom is 0.323 e. The number of fused-ring (bicyclic) bond motifs is 1. The normalized spacial score (nSPS) is 16.4. The molecule has 1 aromatic carbocycles. The maximum absolute atomic E-state index is 14.1. The summed E-state index contributed by atoms with van der Waals surface area (Å²) in [5, 5.41) is 0.653. The van der Waals surface area contributed by atoms with Crippen molar-refractivity contribution < 1.29 is 18.3 Å². The van der Waals surface area contributed by atoms with E-state index >= 15 is 0 Å². The first kappa shape index (κ1) is 23.0. The molecule has 2 atom stereocenters. The van der Waals surface area contributed by atoms with Gasteiger partial charge in [0.2, 0.25) is 0 Å². The summed E-state index contributed by atoms with van der Waals surface area (Å²) >= 11 is 0. The van der Waals surface area contributed by atoms with Crippen molar-refractivity contribution in [2.75, 3.05) is 12.9 Å². The van der Waals surface area contributed by atoms with Gasteiger partial charge in [-0.05, 0) is 40.8 Å². The van der Waals surface area contributed by atoms with Crippen molar-refractivity contribution >= 4 is 40.0 Å². The summed E-state index contributed by atoms with van der Waals surface area (Å²) in [5.74, 6) is -1.26. The average Bonchev–Trinajstić information content (AvgIpc) is 3.24. The third-order valence-corrected chi connectivity index (χ3v) is 6.74. The summed E-state index contributed by atoms with van der Waals surface area (Å²) in [5.41, 5.74) is 13.5. The molecule has 0 aliphatic heterocycles. The number of carbonyl (C=O) groups is 1. The molecule has 0 radical (unpaired) electrons. The van der Waals surface area contributed by atoms with Crippen molar-refractivity contribution in [3.05, 3.63) is 46.8 Å². The Morgan fingerprint density at radius 3 is 2.89 bits per heavy atom. The van der Waals surface area contributed by atoms with Crippen LogP contribution < -0.4 is 11.5 Å². The smallest absolute Gasteiger partial charge is 0.323 e. The molecule has 154 valence electrons. The number of imidazole rings is 1. The van der Waals surface area contributed by atoms with Gasteiger partial charge in [0.1, 0.15) is 17.7 Å². The zero-order valence-corrected chi connectivity index (χ0v) is 17.5. The van der Waals surface area contributed by atoms with Gasteiger partial charge in [0, 0.05) is 18.4 Å². The van der Waals surface area contributed by atoms with Crippen LogP contribution >= 0.6 is 34.0 Å². The molecule has 1 aliphatic rings. The Morgan fingerprint density at radius 1 is 1.46 bits per heavy atom. The van der Waals surface area contributed by atoms with Gasteiger partial charge < -0.3 is 20.8 Å². The summed E-state index contributed by atoms with van der Waals surface area (Å²) in [4.78, 5) is 15.8. The fraction of sp³-hybridized carbons (Fsp3) is 0.412. The van der Waals surface area contributed by atoms with E-state index in [4.69, 9.17) is 11.5 Å². The van der Waals surface area contributed by atoms with Gasteiger partial charge in [-0.25, -0.2) is 13.8 Å². The number of ether oxygens (including phenoxy) is 1. The first-order chi connectivity index (χ1) is 13.0. The number of esters is 1. The van der Waals surface area contributed by atoms with Crippen molar-refractivity contribution in [3.8, 4) is 0 Å². The minimum atomic E-state index is -0.736. The maximum atomic E-state index is 14.1. The monoisotopic (exact) mass is 450 g/mol. The van der Waals surface area contributed by atoms with Gasteiger partial charge in [-0.3, -0.25) is 4.79 Å². The van der Waals surface area contributed by atoms with Crippen molar-refractivity contribution in [2.24, 2.45) is 11.5 Å². The van der Waals surface area contributed by atoms with Crippen LogP contribution in [-0.4, -0.2) is 34.4 Å². The Hall–Kier alpha value is -1.33. The summed E-state index contributed by atoms with van der Waals surface area (Å²) in [6, 6.07) is 1.33. The van der Waals surface area contributed by atoms with Crippen LogP contribution in [-0.2, 0) is 22.5 Å². The molecule has 28 heavy (non-hydrogen) atoms. The van der Waals surface area contributed by atoms with E-state index in [0.29, 0.717) is 34.9 Å². The van der Waals surface area contributed by atoms with E-state index in [2.05, 4.69) is 9.72 Å². The lowest BCUT2D eigenvalue weighted by molar-refractivity contribution is -0.141. The predicted molar refractivity (Wildman–Crippen MR) is 108 cm³/mol. The number of rotatable bonds is 7. The number of halogens is 3. The van der Waals surface area contributed by atoms with E-state index in [0.717, 1.165) is 11.8 Å². The minimum absolute atomic E-state index is 0. The number of carbonyl (C=O) groups excluding carboxylic acids is 1. The van der Waals surface area contributed by atoms with Crippen molar-refractivity contribution in [1.82, 2.24) is 9.55 Å². The Balaban J connectivity index is 0.00000280. The summed E-state index contributed by atoms with van der Waals surface area (Å²) < 4.78 is 34.4. The Bertz CT molecular complexity index is 853. The Morgan fingerprint density at radius 2 is 2.21 bits per heavy atom. The second-order valence-electron chi connectivity index (χ2n) is 6.11. The number of hydrogen-bond acceptors (Lipinski definition) is 7. The van der Waals surface area contributed by atoms with Gasteiger partial charge in [-0.1, -0.05) is 10.8 Å². The lowest BCUT2D eigenvalue weighted by Crippen LogP contribution is -2.33. The van der Waals surface area contributed by atoms with E-state index in [9.17, 15) is 13.6 Å². The molecule has 0 saturated carbocycles. The number of hydrogen-bond donors (Lipinski definition) is 2. The summed E-state index contributed by atoms with van der Waals surface area (Å²) in [7, 11) is 4.00. The highest BCUT2D eigenvalue weighted by molar-refractivity contribution is 8.76. The first-order valence-corrected chi connectivity index (χ1v) is 10.6. The van der Waals surface area contributed by atoms with Crippen LogP contribution in [0.2, 0.25) is 0 Å². The van der Waals surface area contributed by atoms with Gasteiger partial charge >= 0.3 is 5.97 Å². The molecule has 6 nitrogen and oxygen atoms in total. The molecule has 2 unspecified atom stereocenters. The second-order valence-corrected chi connectivity index (χ2v) is 8.42.